The van der Waals surface area contributed by atoms with E-state index in [2.05, 4.69) is 5.10 Å². The van der Waals surface area contributed by atoms with Crippen LogP contribution in [-0.4, -0.2) is 41.3 Å². The van der Waals surface area contributed by atoms with Gasteiger partial charge in [0.2, 0.25) is 5.78 Å². The maximum atomic E-state index is 13.5. The first-order valence-corrected chi connectivity index (χ1v) is 12.1. The highest BCUT2D eigenvalue weighted by atomic mass is 35.5. The van der Waals surface area contributed by atoms with Gasteiger partial charge in [0.25, 0.3) is 0 Å². The Morgan fingerprint density at radius 2 is 1.62 bits per heavy atom. The van der Waals surface area contributed by atoms with E-state index in [-0.39, 0.29) is 26.7 Å². The number of halogens is 2. The monoisotopic (exact) mass is 498 g/mol. The summed E-state index contributed by atoms with van der Waals surface area (Å²) >= 11 is 5.90. The first kappa shape index (κ1) is 23.3. The van der Waals surface area contributed by atoms with E-state index in [4.69, 9.17) is 11.6 Å². The number of sulfone groups is 1. The maximum absolute atomic E-state index is 13.5. The van der Waals surface area contributed by atoms with Crippen molar-refractivity contribution in [2.24, 2.45) is 0 Å². The quantitative estimate of drug-likeness (QED) is 0.387. The minimum absolute atomic E-state index is 0.00479. The van der Waals surface area contributed by atoms with Gasteiger partial charge in [0, 0.05) is 17.4 Å². The Morgan fingerprint density at radius 1 is 0.971 bits per heavy atom. The SMILES string of the molecule is CS(=O)(=O)c1ccc(-c2cc(C(=O)c3ccc(Cl)c(C(=O)O)c3)nn2-c2ccc(F)cc2)cc1. The van der Waals surface area contributed by atoms with Crippen LogP contribution in [0, 0.1) is 5.82 Å². The van der Waals surface area contributed by atoms with E-state index in [1.54, 1.807) is 12.1 Å². The summed E-state index contributed by atoms with van der Waals surface area (Å²) in [6, 6.07) is 16.9. The zero-order valence-electron chi connectivity index (χ0n) is 17.6. The van der Waals surface area contributed by atoms with Crippen molar-refractivity contribution in [3.8, 4) is 16.9 Å². The molecule has 0 saturated carbocycles. The number of carbonyl (C=O) groups is 2. The lowest BCUT2D eigenvalue weighted by Crippen LogP contribution is -2.07. The highest BCUT2D eigenvalue weighted by Gasteiger charge is 2.21. The molecule has 0 spiro atoms. The number of aromatic nitrogens is 2. The van der Waals surface area contributed by atoms with Crippen LogP contribution in [-0.2, 0) is 9.84 Å². The predicted octanol–water partition coefficient (Wildman–Crippen LogP) is 4.66. The third-order valence-corrected chi connectivity index (χ3v) is 6.51. The van der Waals surface area contributed by atoms with Crippen molar-refractivity contribution in [2.75, 3.05) is 6.26 Å². The van der Waals surface area contributed by atoms with Crippen LogP contribution in [0.5, 0.6) is 0 Å². The van der Waals surface area contributed by atoms with Crippen LogP contribution in [0.15, 0.2) is 77.7 Å². The first-order valence-electron chi connectivity index (χ1n) is 9.78. The van der Waals surface area contributed by atoms with Gasteiger partial charge in [0.05, 0.1) is 26.9 Å². The Bertz CT molecular complexity index is 1530. The molecule has 0 fully saturated rings. The van der Waals surface area contributed by atoms with Crippen LogP contribution in [0.4, 0.5) is 4.39 Å². The summed E-state index contributed by atoms with van der Waals surface area (Å²) in [5, 5.41) is 13.7. The van der Waals surface area contributed by atoms with E-state index < -0.39 is 27.4 Å². The largest absolute Gasteiger partial charge is 0.478 e. The number of hydrogen-bond donors (Lipinski definition) is 1. The van der Waals surface area contributed by atoms with Gasteiger partial charge in [-0.3, -0.25) is 4.79 Å². The molecule has 4 rings (SSSR count). The Labute approximate surface area is 199 Å². The normalized spacial score (nSPS) is 11.4. The molecule has 0 saturated heterocycles. The minimum Gasteiger partial charge on any atom is -0.478 e. The molecule has 0 unspecified atom stereocenters. The van der Waals surface area contributed by atoms with Crippen molar-refractivity contribution in [3.63, 3.8) is 0 Å². The van der Waals surface area contributed by atoms with Gasteiger partial charge in [0.1, 0.15) is 11.5 Å². The zero-order valence-corrected chi connectivity index (χ0v) is 19.1. The number of ketones is 1. The third kappa shape index (κ3) is 4.61. The van der Waals surface area contributed by atoms with Gasteiger partial charge in [-0.1, -0.05) is 23.7 Å². The van der Waals surface area contributed by atoms with E-state index in [9.17, 15) is 27.5 Å². The van der Waals surface area contributed by atoms with Crippen LogP contribution in [0.25, 0.3) is 16.9 Å². The molecule has 4 aromatic rings. The minimum atomic E-state index is -3.40. The molecule has 0 atom stereocenters. The Hall–Kier alpha value is -3.82. The molecule has 0 bridgehead atoms. The van der Waals surface area contributed by atoms with Crippen LogP contribution in [0.1, 0.15) is 26.4 Å². The zero-order chi connectivity index (χ0) is 24.6. The van der Waals surface area contributed by atoms with E-state index in [1.165, 1.54) is 65.3 Å². The second-order valence-corrected chi connectivity index (χ2v) is 9.85. The van der Waals surface area contributed by atoms with Gasteiger partial charge < -0.3 is 5.11 Å². The van der Waals surface area contributed by atoms with Gasteiger partial charge in [-0.15, -0.1) is 0 Å². The lowest BCUT2D eigenvalue weighted by molar-refractivity contribution is 0.0697. The summed E-state index contributed by atoms with van der Waals surface area (Å²) in [5.41, 5.74) is 1.33. The summed E-state index contributed by atoms with van der Waals surface area (Å²) in [6.07, 6.45) is 1.10. The topological polar surface area (TPSA) is 106 Å². The van der Waals surface area contributed by atoms with Crippen molar-refractivity contribution in [3.05, 3.63) is 100 Å². The van der Waals surface area contributed by atoms with Gasteiger partial charge >= 0.3 is 5.97 Å². The Balaban J connectivity index is 1.84. The number of rotatable bonds is 6. The number of benzene rings is 3. The highest BCUT2D eigenvalue weighted by Crippen LogP contribution is 2.27. The highest BCUT2D eigenvalue weighted by molar-refractivity contribution is 7.90. The second-order valence-electron chi connectivity index (χ2n) is 7.43. The number of carbonyl (C=O) groups excluding carboxylic acids is 1. The number of carboxylic acids is 1. The molecule has 0 radical (unpaired) electrons. The molecular weight excluding hydrogens is 483 g/mol. The summed E-state index contributed by atoms with van der Waals surface area (Å²) in [6.45, 7) is 0. The van der Waals surface area contributed by atoms with E-state index in [0.717, 1.165) is 6.26 Å². The summed E-state index contributed by atoms with van der Waals surface area (Å²) in [4.78, 5) is 24.7. The standard InChI is InChI=1S/C24H16ClFN2O5S/c1-34(32,33)18-9-2-14(3-10-18)22-13-21(27-28(22)17-7-5-16(26)6-8-17)23(29)15-4-11-20(25)19(12-15)24(30)31/h2-13H,1H3,(H,30,31). The Kier molecular flexibility index (Phi) is 6.07. The van der Waals surface area contributed by atoms with Crippen LogP contribution in [0.3, 0.4) is 0 Å². The number of nitrogens with zero attached hydrogens (tertiary/aromatic N) is 2. The number of hydrogen-bond acceptors (Lipinski definition) is 5. The third-order valence-electron chi connectivity index (χ3n) is 5.05. The van der Waals surface area contributed by atoms with Crippen molar-refractivity contribution >= 4 is 33.2 Å². The molecule has 0 aliphatic carbocycles. The Morgan fingerprint density at radius 3 is 2.21 bits per heavy atom. The number of carboxylic acid groups (broad SMARTS) is 1. The molecule has 0 aliphatic heterocycles. The molecular formula is C24H16ClFN2O5S. The van der Waals surface area contributed by atoms with E-state index in [1.807, 2.05) is 0 Å². The van der Waals surface area contributed by atoms with Crippen molar-refractivity contribution in [2.45, 2.75) is 4.90 Å². The predicted molar refractivity (Wildman–Crippen MR) is 124 cm³/mol. The molecule has 10 heteroatoms. The fourth-order valence-corrected chi connectivity index (χ4v) is 4.16. The lowest BCUT2D eigenvalue weighted by atomic mass is 10.0. The van der Waals surface area contributed by atoms with Crippen LogP contribution in [0.2, 0.25) is 5.02 Å². The fourth-order valence-electron chi connectivity index (χ4n) is 3.33. The van der Waals surface area contributed by atoms with Gasteiger partial charge in [-0.2, -0.15) is 5.10 Å². The van der Waals surface area contributed by atoms with Crippen LogP contribution < -0.4 is 0 Å². The van der Waals surface area contributed by atoms with Crippen molar-refractivity contribution in [1.82, 2.24) is 9.78 Å². The molecule has 7 nitrogen and oxygen atoms in total. The molecule has 1 heterocycles. The summed E-state index contributed by atoms with van der Waals surface area (Å²) in [7, 11) is -3.40. The molecule has 172 valence electrons. The van der Waals surface area contributed by atoms with Crippen molar-refractivity contribution in [1.29, 1.82) is 0 Å². The van der Waals surface area contributed by atoms with E-state index >= 15 is 0 Å². The lowest BCUT2D eigenvalue weighted by Gasteiger charge is -2.08. The van der Waals surface area contributed by atoms with Gasteiger partial charge in [0.15, 0.2) is 9.84 Å². The molecule has 34 heavy (non-hydrogen) atoms. The summed E-state index contributed by atoms with van der Waals surface area (Å²) < 4.78 is 38.5. The fraction of sp³-hybridized carbons (Fsp3) is 0.0417. The molecule has 1 N–H and O–H groups in total. The van der Waals surface area contributed by atoms with E-state index in [0.29, 0.717) is 16.9 Å². The number of aromatic carboxylic acids is 1. The molecule has 1 aromatic heterocycles. The smallest absolute Gasteiger partial charge is 0.337 e. The second kappa shape index (κ2) is 8.85. The van der Waals surface area contributed by atoms with Crippen LogP contribution >= 0.6 is 11.6 Å². The average Bonchev–Trinajstić information content (AvgIpc) is 3.24. The molecule has 0 aliphatic rings. The summed E-state index contributed by atoms with van der Waals surface area (Å²) in [5.74, 6) is -2.27. The molecule has 0 amide bonds. The molecule has 3 aromatic carbocycles. The maximum Gasteiger partial charge on any atom is 0.337 e. The average molecular weight is 499 g/mol. The first-order chi connectivity index (χ1) is 16.0. The van der Waals surface area contributed by atoms with Gasteiger partial charge in [-0.25, -0.2) is 22.3 Å². The van der Waals surface area contributed by atoms with Gasteiger partial charge in [-0.05, 0) is 60.7 Å². The van der Waals surface area contributed by atoms with Crippen molar-refractivity contribution < 1.29 is 27.5 Å².